The standard InChI is InChI=1S/C21H33N5O8/c22-8-2-1-3-15(21(33)34)24-19(31)16(9-12-4-6-13(29)7-5-12)25-20(32)17(11-28)26-18(30)14(23)10-27/h4-7,14-17,27-29H,1-3,8-11,22-23H2,(H,24,31)(H,25,32)(H,26,30)(H,33,34). The molecule has 11 N–H and O–H groups in total. The first-order valence-corrected chi connectivity index (χ1v) is 10.7. The van der Waals surface area contributed by atoms with Crippen LogP contribution < -0.4 is 27.4 Å². The Morgan fingerprint density at radius 3 is 1.91 bits per heavy atom. The molecule has 0 fully saturated rings. The van der Waals surface area contributed by atoms with Gasteiger partial charge in [-0.15, -0.1) is 0 Å². The highest BCUT2D eigenvalue weighted by Crippen LogP contribution is 2.12. The van der Waals surface area contributed by atoms with Gasteiger partial charge in [-0.3, -0.25) is 14.4 Å². The van der Waals surface area contributed by atoms with E-state index in [0.29, 0.717) is 24.9 Å². The summed E-state index contributed by atoms with van der Waals surface area (Å²) in [4.78, 5) is 49.0. The molecule has 0 aliphatic heterocycles. The van der Waals surface area contributed by atoms with E-state index in [1.165, 1.54) is 24.3 Å². The molecule has 4 unspecified atom stereocenters. The first kappa shape index (κ1) is 28.8. The van der Waals surface area contributed by atoms with Gasteiger partial charge < -0.3 is 47.8 Å². The minimum atomic E-state index is -1.47. The third kappa shape index (κ3) is 9.70. The Bertz CT molecular complexity index is 820. The van der Waals surface area contributed by atoms with Gasteiger partial charge in [0.2, 0.25) is 17.7 Å². The SMILES string of the molecule is NCCCCC(NC(=O)C(Cc1ccc(O)cc1)NC(=O)C(CO)NC(=O)C(N)CO)C(=O)O. The zero-order valence-electron chi connectivity index (χ0n) is 18.6. The number of amides is 3. The zero-order chi connectivity index (χ0) is 25.7. The lowest BCUT2D eigenvalue weighted by atomic mass is 10.0. The molecule has 190 valence electrons. The summed E-state index contributed by atoms with van der Waals surface area (Å²) in [6.45, 7) is -1.13. The highest BCUT2D eigenvalue weighted by atomic mass is 16.4. The highest BCUT2D eigenvalue weighted by molar-refractivity contribution is 5.94. The number of aliphatic hydroxyl groups excluding tert-OH is 2. The van der Waals surface area contributed by atoms with Gasteiger partial charge in [0.05, 0.1) is 13.2 Å². The fourth-order valence-corrected chi connectivity index (χ4v) is 2.93. The van der Waals surface area contributed by atoms with E-state index < -0.39 is 61.1 Å². The second-order valence-corrected chi connectivity index (χ2v) is 7.65. The van der Waals surface area contributed by atoms with Crippen molar-refractivity contribution in [2.24, 2.45) is 11.5 Å². The van der Waals surface area contributed by atoms with Crippen LogP contribution in [-0.2, 0) is 25.6 Å². The van der Waals surface area contributed by atoms with Crippen molar-refractivity contribution in [2.75, 3.05) is 19.8 Å². The van der Waals surface area contributed by atoms with E-state index >= 15 is 0 Å². The Morgan fingerprint density at radius 1 is 0.824 bits per heavy atom. The fourth-order valence-electron chi connectivity index (χ4n) is 2.93. The van der Waals surface area contributed by atoms with Crippen molar-refractivity contribution in [1.82, 2.24) is 16.0 Å². The van der Waals surface area contributed by atoms with E-state index in [-0.39, 0.29) is 18.6 Å². The van der Waals surface area contributed by atoms with Crippen LogP contribution in [0.25, 0.3) is 0 Å². The summed E-state index contributed by atoms with van der Waals surface area (Å²) in [6, 6.07) is 0.521. The van der Waals surface area contributed by atoms with Crippen molar-refractivity contribution < 1.29 is 39.6 Å². The number of carbonyl (C=O) groups is 4. The summed E-state index contributed by atoms with van der Waals surface area (Å²) in [5.41, 5.74) is 11.4. The molecule has 1 aromatic carbocycles. The Morgan fingerprint density at radius 2 is 1.38 bits per heavy atom. The number of rotatable bonds is 15. The normalized spacial score (nSPS) is 14.4. The molecule has 0 aliphatic rings. The largest absolute Gasteiger partial charge is 0.508 e. The minimum absolute atomic E-state index is 0.0112. The number of nitrogens with two attached hydrogens (primary N) is 2. The average molecular weight is 484 g/mol. The Hall–Kier alpha value is -3.26. The number of phenolic OH excluding ortho intramolecular Hbond substituents is 1. The molecule has 0 radical (unpaired) electrons. The molecule has 3 amide bonds. The van der Waals surface area contributed by atoms with Crippen LogP contribution in [0.4, 0.5) is 0 Å². The summed E-state index contributed by atoms with van der Waals surface area (Å²) >= 11 is 0. The summed E-state index contributed by atoms with van der Waals surface area (Å²) in [5, 5.41) is 44.3. The molecule has 0 saturated heterocycles. The number of aliphatic hydroxyl groups is 2. The molecule has 13 heteroatoms. The number of benzene rings is 1. The monoisotopic (exact) mass is 483 g/mol. The van der Waals surface area contributed by atoms with Crippen molar-refractivity contribution in [2.45, 2.75) is 49.9 Å². The molecule has 1 aromatic rings. The molecular weight excluding hydrogens is 450 g/mol. The van der Waals surface area contributed by atoms with Crippen LogP contribution in [0, 0.1) is 0 Å². The van der Waals surface area contributed by atoms with Crippen molar-refractivity contribution in [3.05, 3.63) is 29.8 Å². The minimum Gasteiger partial charge on any atom is -0.508 e. The van der Waals surface area contributed by atoms with Crippen molar-refractivity contribution >= 4 is 23.7 Å². The lowest BCUT2D eigenvalue weighted by Crippen LogP contribution is -2.58. The van der Waals surface area contributed by atoms with Crippen LogP contribution in [0.5, 0.6) is 5.75 Å². The predicted molar refractivity (Wildman–Crippen MR) is 120 cm³/mol. The molecule has 0 bridgehead atoms. The first-order chi connectivity index (χ1) is 16.1. The van der Waals surface area contributed by atoms with Gasteiger partial charge in [0.1, 0.15) is 29.9 Å². The van der Waals surface area contributed by atoms with Gasteiger partial charge in [0.15, 0.2) is 0 Å². The van der Waals surface area contributed by atoms with Gasteiger partial charge in [0, 0.05) is 6.42 Å². The molecule has 4 atom stereocenters. The van der Waals surface area contributed by atoms with Crippen molar-refractivity contribution in [3.63, 3.8) is 0 Å². The van der Waals surface area contributed by atoms with E-state index in [4.69, 9.17) is 16.6 Å². The lowest BCUT2D eigenvalue weighted by molar-refractivity contribution is -0.142. The number of carboxylic acid groups (broad SMARTS) is 1. The maximum atomic E-state index is 12.9. The molecule has 0 spiro atoms. The number of hydrogen-bond donors (Lipinski definition) is 9. The fraction of sp³-hybridized carbons (Fsp3) is 0.524. The Balaban J connectivity index is 3.02. The average Bonchev–Trinajstić information content (AvgIpc) is 2.81. The van der Waals surface area contributed by atoms with Crippen LogP contribution >= 0.6 is 0 Å². The molecule has 0 aromatic heterocycles. The number of carbonyl (C=O) groups excluding carboxylic acids is 3. The van der Waals surface area contributed by atoms with E-state index in [9.17, 15) is 34.5 Å². The third-order valence-corrected chi connectivity index (χ3v) is 4.92. The smallest absolute Gasteiger partial charge is 0.326 e. The summed E-state index contributed by atoms with van der Waals surface area (Å²) in [6.07, 6.45) is 1.09. The van der Waals surface area contributed by atoms with Gasteiger partial charge in [-0.25, -0.2) is 4.79 Å². The first-order valence-electron chi connectivity index (χ1n) is 10.7. The van der Waals surface area contributed by atoms with Gasteiger partial charge >= 0.3 is 5.97 Å². The quantitative estimate of drug-likeness (QED) is 0.114. The molecule has 0 heterocycles. The topological polar surface area (TPSA) is 237 Å². The number of nitrogens with one attached hydrogen (secondary N) is 3. The van der Waals surface area contributed by atoms with Crippen LogP contribution in [0.3, 0.4) is 0 Å². The zero-order valence-corrected chi connectivity index (χ0v) is 18.6. The van der Waals surface area contributed by atoms with Crippen LogP contribution in [0.15, 0.2) is 24.3 Å². The molecule has 0 saturated carbocycles. The molecule has 13 nitrogen and oxygen atoms in total. The van der Waals surface area contributed by atoms with Gasteiger partial charge in [0.25, 0.3) is 0 Å². The number of aliphatic carboxylic acids is 1. The second-order valence-electron chi connectivity index (χ2n) is 7.65. The van der Waals surface area contributed by atoms with E-state index in [0.717, 1.165) is 0 Å². The van der Waals surface area contributed by atoms with E-state index in [1.54, 1.807) is 0 Å². The third-order valence-electron chi connectivity index (χ3n) is 4.92. The van der Waals surface area contributed by atoms with Gasteiger partial charge in [-0.05, 0) is 43.5 Å². The second kappa shape index (κ2) is 14.8. The van der Waals surface area contributed by atoms with Gasteiger partial charge in [-0.2, -0.15) is 0 Å². The summed E-state index contributed by atoms with van der Waals surface area (Å²) in [5.74, 6) is -3.87. The molecular formula is C21H33N5O8. The molecule has 34 heavy (non-hydrogen) atoms. The predicted octanol–water partition coefficient (Wildman–Crippen LogP) is -3.09. The number of unbranched alkanes of at least 4 members (excludes halogenated alkanes) is 1. The molecule has 1 rings (SSSR count). The number of carboxylic acids is 1. The van der Waals surface area contributed by atoms with E-state index in [2.05, 4.69) is 16.0 Å². The number of phenols is 1. The lowest BCUT2D eigenvalue weighted by Gasteiger charge is -2.24. The highest BCUT2D eigenvalue weighted by Gasteiger charge is 2.30. The van der Waals surface area contributed by atoms with Crippen molar-refractivity contribution in [3.8, 4) is 5.75 Å². The number of aromatic hydroxyl groups is 1. The number of hydrogen-bond acceptors (Lipinski definition) is 9. The van der Waals surface area contributed by atoms with Crippen LogP contribution in [0.1, 0.15) is 24.8 Å². The summed E-state index contributed by atoms with van der Waals surface area (Å²) in [7, 11) is 0. The summed E-state index contributed by atoms with van der Waals surface area (Å²) < 4.78 is 0. The maximum Gasteiger partial charge on any atom is 0.326 e. The van der Waals surface area contributed by atoms with Gasteiger partial charge in [-0.1, -0.05) is 12.1 Å². The van der Waals surface area contributed by atoms with Crippen LogP contribution in [0.2, 0.25) is 0 Å². The van der Waals surface area contributed by atoms with Crippen LogP contribution in [-0.4, -0.2) is 88.0 Å². The van der Waals surface area contributed by atoms with E-state index in [1.807, 2.05) is 0 Å². The Kier molecular flexibility index (Phi) is 12.5. The van der Waals surface area contributed by atoms with Crippen molar-refractivity contribution in [1.29, 1.82) is 0 Å². The maximum absolute atomic E-state index is 12.9. The molecule has 0 aliphatic carbocycles. The Labute approximate surface area is 196 Å².